The molecule has 7 heteroatoms. The summed E-state index contributed by atoms with van der Waals surface area (Å²) < 4.78 is 5.81. The first-order valence-electron chi connectivity index (χ1n) is 10.1. The highest BCUT2D eigenvalue weighted by molar-refractivity contribution is 7.99. The molecule has 0 unspecified atom stereocenters. The molecule has 4 aromatic rings. The third-order valence-electron chi connectivity index (χ3n) is 5.80. The first-order valence-corrected chi connectivity index (χ1v) is 11.0. The molecule has 0 fully saturated rings. The Bertz CT molecular complexity index is 1320. The number of thioether (sulfide) groups is 1. The molecule has 0 bridgehead atoms. The summed E-state index contributed by atoms with van der Waals surface area (Å²) in [5.41, 5.74) is 5.00. The number of nitrogens with one attached hydrogen (secondary N) is 1. The summed E-state index contributed by atoms with van der Waals surface area (Å²) in [4.78, 5) is 18.0. The fourth-order valence-electron chi connectivity index (χ4n) is 4.21. The van der Waals surface area contributed by atoms with Crippen LogP contribution in [0.2, 0.25) is 0 Å². The Balaban J connectivity index is 1.31. The summed E-state index contributed by atoms with van der Waals surface area (Å²) in [6, 6.07) is 16.2. The van der Waals surface area contributed by atoms with Crippen LogP contribution in [0.1, 0.15) is 19.4 Å². The number of hydrogen-bond acceptors (Lipinski definition) is 6. The van der Waals surface area contributed by atoms with Crippen LogP contribution in [0.3, 0.4) is 0 Å². The highest BCUT2D eigenvalue weighted by Crippen LogP contribution is 2.46. The van der Waals surface area contributed by atoms with E-state index in [1.165, 1.54) is 17.3 Å². The second kappa shape index (κ2) is 7.42. The molecule has 2 aromatic carbocycles. The number of likely N-dealkylation sites (N-methyl/N-ethyl adjacent to an activating group) is 1. The Morgan fingerprint density at radius 2 is 1.94 bits per heavy atom. The minimum Gasteiger partial charge on any atom is -0.411 e. The van der Waals surface area contributed by atoms with Crippen molar-refractivity contribution in [2.75, 3.05) is 17.7 Å². The van der Waals surface area contributed by atoms with E-state index in [2.05, 4.69) is 46.1 Å². The number of H-pyrrole nitrogens is 1. The summed E-state index contributed by atoms with van der Waals surface area (Å²) >= 11 is 1.26. The van der Waals surface area contributed by atoms with Gasteiger partial charge in [-0.2, -0.15) is 0 Å². The largest absolute Gasteiger partial charge is 0.411 e. The molecular weight excluding hydrogens is 408 g/mol. The number of hydrogen-bond donors (Lipinski definition) is 1. The number of nitrogens with zero attached hydrogens (tertiary/aromatic N) is 3. The quantitative estimate of drug-likeness (QED) is 0.347. The summed E-state index contributed by atoms with van der Waals surface area (Å²) in [7, 11) is 2.01. The van der Waals surface area contributed by atoms with Crippen molar-refractivity contribution in [1.82, 2.24) is 15.2 Å². The molecule has 0 saturated carbocycles. The van der Waals surface area contributed by atoms with E-state index < -0.39 is 0 Å². The van der Waals surface area contributed by atoms with Gasteiger partial charge in [0.25, 0.3) is 11.1 Å². The smallest absolute Gasteiger partial charge is 0.277 e. The van der Waals surface area contributed by atoms with Gasteiger partial charge in [0.2, 0.25) is 0 Å². The third-order valence-corrected chi connectivity index (χ3v) is 6.64. The number of fused-ring (bicyclic) bond motifs is 2. The minimum atomic E-state index is -0.224. The molecule has 5 rings (SSSR count). The summed E-state index contributed by atoms with van der Waals surface area (Å²) in [6.45, 7) is 4.29. The van der Waals surface area contributed by atoms with Crippen molar-refractivity contribution in [3.05, 3.63) is 72.1 Å². The van der Waals surface area contributed by atoms with Gasteiger partial charge in [0, 0.05) is 47.0 Å². The summed E-state index contributed by atoms with van der Waals surface area (Å²) in [6.07, 6.45) is 3.60. The molecule has 2 aromatic heterocycles. The molecule has 0 aliphatic carbocycles. The number of para-hydroxylation sites is 2. The average molecular weight is 431 g/mol. The number of ketones is 1. The first-order chi connectivity index (χ1) is 14.9. The lowest BCUT2D eigenvalue weighted by molar-refractivity contribution is -0.112. The van der Waals surface area contributed by atoms with Gasteiger partial charge in [0.15, 0.2) is 5.78 Å². The zero-order valence-corrected chi connectivity index (χ0v) is 18.4. The van der Waals surface area contributed by atoms with Crippen molar-refractivity contribution in [2.45, 2.75) is 24.5 Å². The number of anilines is 1. The van der Waals surface area contributed by atoms with Crippen LogP contribution >= 0.6 is 11.8 Å². The molecule has 0 radical (unpaired) electrons. The highest BCUT2D eigenvalue weighted by atomic mass is 32.2. The SMILES string of the molecule is CN1/C(=C\C(=O)CSc2nnc(-c3c[nH]c4ccccc34)o2)C(C)(C)c2ccccc21. The van der Waals surface area contributed by atoms with Crippen LogP contribution in [-0.4, -0.2) is 33.8 Å². The Labute approximate surface area is 184 Å². The fourth-order valence-corrected chi connectivity index (χ4v) is 4.80. The Morgan fingerprint density at radius 1 is 1.16 bits per heavy atom. The van der Waals surface area contributed by atoms with Gasteiger partial charge in [0.05, 0.1) is 11.3 Å². The molecule has 0 spiro atoms. The van der Waals surface area contributed by atoms with Gasteiger partial charge in [0.1, 0.15) is 0 Å². The van der Waals surface area contributed by atoms with E-state index in [-0.39, 0.29) is 17.0 Å². The molecule has 1 N–H and O–H groups in total. The van der Waals surface area contributed by atoms with E-state index >= 15 is 0 Å². The highest BCUT2D eigenvalue weighted by Gasteiger charge is 2.38. The van der Waals surface area contributed by atoms with Crippen molar-refractivity contribution < 1.29 is 9.21 Å². The topological polar surface area (TPSA) is 75.0 Å². The molecule has 1 aliphatic heterocycles. The zero-order valence-electron chi connectivity index (χ0n) is 17.5. The predicted molar refractivity (Wildman–Crippen MR) is 123 cm³/mol. The summed E-state index contributed by atoms with van der Waals surface area (Å²) in [5.74, 6) is 0.691. The molecule has 0 atom stereocenters. The second-order valence-corrected chi connectivity index (χ2v) is 9.03. The van der Waals surface area contributed by atoms with E-state index in [9.17, 15) is 4.79 Å². The molecular formula is C24H22N4O2S. The molecule has 156 valence electrons. The summed E-state index contributed by atoms with van der Waals surface area (Å²) in [5, 5.41) is 9.67. The Kier molecular flexibility index (Phi) is 4.70. The standard InChI is InChI=1S/C24H22N4O2S/c1-24(2)18-9-5-7-11-20(18)28(3)21(24)12-15(29)14-31-23-27-26-22(30-23)17-13-25-19-10-6-4-8-16(17)19/h4-13,25H,14H2,1-3H3/b21-12-. The second-order valence-electron chi connectivity index (χ2n) is 8.11. The monoisotopic (exact) mass is 430 g/mol. The van der Waals surface area contributed by atoms with E-state index in [0.29, 0.717) is 11.1 Å². The molecule has 1 aliphatic rings. The maximum absolute atomic E-state index is 12.7. The zero-order chi connectivity index (χ0) is 21.6. The van der Waals surface area contributed by atoms with Crippen LogP contribution in [0.5, 0.6) is 0 Å². The van der Waals surface area contributed by atoms with Gasteiger partial charge < -0.3 is 14.3 Å². The third kappa shape index (κ3) is 3.35. The molecule has 0 saturated heterocycles. The van der Waals surface area contributed by atoms with E-state index in [1.54, 1.807) is 6.08 Å². The number of allylic oxidation sites excluding steroid dienone is 2. The number of benzene rings is 2. The Morgan fingerprint density at radius 3 is 2.77 bits per heavy atom. The normalized spacial score (nSPS) is 16.2. The molecule has 0 amide bonds. The number of aromatic amines is 1. The number of carbonyl (C=O) groups is 1. The maximum Gasteiger partial charge on any atom is 0.277 e. The van der Waals surface area contributed by atoms with Crippen molar-refractivity contribution in [2.24, 2.45) is 0 Å². The lowest BCUT2D eigenvalue weighted by Crippen LogP contribution is -2.24. The van der Waals surface area contributed by atoms with E-state index in [1.807, 2.05) is 49.6 Å². The van der Waals surface area contributed by atoms with E-state index in [4.69, 9.17) is 4.42 Å². The minimum absolute atomic E-state index is 0.0135. The first kappa shape index (κ1) is 19.6. The lowest BCUT2D eigenvalue weighted by Gasteiger charge is -2.23. The number of aromatic nitrogens is 3. The maximum atomic E-state index is 12.7. The van der Waals surface area contributed by atoms with Crippen LogP contribution in [0, 0.1) is 0 Å². The number of rotatable bonds is 5. The number of carbonyl (C=O) groups excluding carboxylic acids is 1. The van der Waals surface area contributed by atoms with Crippen LogP contribution in [0.25, 0.3) is 22.4 Å². The van der Waals surface area contributed by atoms with Gasteiger partial charge in [-0.3, -0.25) is 4.79 Å². The van der Waals surface area contributed by atoms with Crippen molar-refractivity contribution in [1.29, 1.82) is 0 Å². The van der Waals surface area contributed by atoms with Gasteiger partial charge in [-0.25, -0.2) is 0 Å². The Hall–Kier alpha value is -3.32. The predicted octanol–water partition coefficient (Wildman–Crippen LogP) is 5.19. The van der Waals surface area contributed by atoms with Crippen molar-refractivity contribution in [3.63, 3.8) is 0 Å². The van der Waals surface area contributed by atoms with Gasteiger partial charge in [-0.05, 0) is 17.7 Å². The lowest BCUT2D eigenvalue weighted by atomic mass is 9.83. The molecule has 31 heavy (non-hydrogen) atoms. The van der Waals surface area contributed by atoms with Crippen molar-refractivity contribution >= 4 is 34.1 Å². The van der Waals surface area contributed by atoms with Crippen LogP contribution in [-0.2, 0) is 10.2 Å². The van der Waals surface area contributed by atoms with E-state index in [0.717, 1.165) is 27.9 Å². The van der Waals surface area contributed by atoms with Crippen molar-refractivity contribution in [3.8, 4) is 11.5 Å². The van der Waals surface area contributed by atoms with Crippen LogP contribution in [0.4, 0.5) is 5.69 Å². The van der Waals surface area contributed by atoms with Crippen LogP contribution in [0.15, 0.2) is 76.1 Å². The molecule has 6 nitrogen and oxygen atoms in total. The average Bonchev–Trinajstić information content (AvgIpc) is 3.45. The van der Waals surface area contributed by atoms with Gasteiger partial charge in [-0.15, -0.1) is 10.2 Å². The molecule has 3 heterocycles. The van der Waals surface area contributed by atoms with Gasteiger partial charge in [-0.1, -0.05) is 62.0 Å². The van der Waals surface area contributed by atoms with Crippen LogP contribution < -0.4 is 4.90 Å². The van der Waals surface area contributed by atoms with Gasteiger partial charge >= 0.3 is 0 Å². The fraction of sp³-hybridized carbons (Fsp3) is 0.208.